The molecule has 2 unspecified atom stereocenters. The summed E-state index contributed by atoms with van der Waals surface area (Å²) in [5.41, 5.74) is 0.892. The Morgan fingerprint density at radius 1 is 1.16 bits per heavy atom. The zero-order chi connectivity index (χ0) is 13.7. The molecule has 0 aliphatic heterocycles. The highest BCUT2D eigenvalue weighted by Gasteiger charge is 2.34. The highest BCUT2D eigenvalue weighted by Crippen LogP contribution is 2.26. The van der Waals surface area contributed by atoms with E-state index >= 15 is 0 Å². The van der Waals surface area contributed by atoms with E-state index in [1.165, 1.54) is 0 Å². The van der Waals surface area contributed by atoms with Crippen LogP contribution in [0, 0.1) is 0 Å². The summed E-state index contributed by atoms with van der Waals surface area (Å²) in [4.78, 5) is 0. The second-order valence-corrected chi connectivity index (χ2v) is 7.50. The van der Waals surface area contributed by atoms with Crippen molar-refractivity contribution in [1.82, 2.24) is 5.32 Å². The third kappa shape index (κ3) is 3.80. The summed E-state index contributed by atoms with van der Waals surface area (Å²) in [6.45, 7) is 2.87. The molecule has 0 aromatic heterocycles. The average Bonchev–Trinajstić information content (AvgIpc) is 2.40. The smallest absolute Gasteiger partial charge is 0.158 e. The highest BCUT2D eigenvalue weighted by atomic mass is 32.2. The van der Waals surface area contributed by atoms with Crippen LogP contribution in [0.3, 0.4) is 0 Å². The van der Waals surface area contributed by atoms with E-state index in [9.17, 15) is 8.42 Å². The van der Waals surface area contributed by atoms with Gasteiger partial charge in [-0.1, -0.05) is 50.1 Å². The lowest BCUT2D eigenvalue weighted by atomic mass is 9.95. The molecule has 19 heavy (non-hydrogen) atoms. The maximum absolute atomic E-state index is 12.6. The van der Waals surface area contributed by atoms with Gasteiger partial charge in [-0.2, -0.15) is 0 Å². The molecule has 0 spiro atoms. The molecule has 3 nitrogen and oxygen atoms in total. The van der Waals surface area contributed by atoms with Crippen LogP contribution in [-0.2, 0) is 15.6 Å². The maximum atomic E-state index is 12.6. The molecule has 4 heteroatoms. The summed E-state index contributed by atoms with van der Waals surface area (Å²) < 4.78 is 25.2. The van der Waals surface area contributed by atoms with E-state index in [0.717, 1.165) is 37.8 Å². The van der Waals surface area contributed by atoms with Gasteiger partial charge >= 0.3 is 0 Å². The van der Waals surface area contributed by atoms with E-state index < -0.39 is 9.84 Å². The van der Waals surface area contributed by atoms with Crippen LogP contribution in [0.5, 0.6) is 0 Å². The van der Waals surface area contributed by atoms with E-state index in [2.05, 4.69) is 5.32 Å². The lowest BCUT2D eigenvalue weighted by Gasteiger charge is -2.31. The molecular weight excluding hydrogens is 258 g/mol. The van der Waals surface area contributed by atoms with Crippen LogP contribution in [0.1, 0.15) is 38.2 Å². The van der Waals surface area contributed by atoms with E-state index in [-0.39, 0.29) is 17.0 Å². The van der Waals surface area contributed by atoms with Crippen LogP contribution in [0.25, 0.3) is 0 Å². The van der Waals surface area contributed by atoms with Crippen LogP contribution in [0.15, 0.2) is 30.3 Å². The van der Waals surface area contributed by atoms with Gasteiger partial charge in [0.05, 0.1) is 11.0 Å². The van der Waals surface area contributed by atoms with E-state index in [1.54, 1.807) is 0 Å². The zero-order valence-corrected chi connectivity index (χ0v) is 12.3. The normalized spacial score (nSPS) is 24.3. The van der Waals surface area contributed by atoms with Gasteiger partial charge in [-0.05, 0) is 24.9 Å². The summed E-state index contributed by atoms with van der Waals surface area (Å²) >= 11 is 0. The summed E-state index contributed by atoms with van der Waals surface area (Å²) in [6.07, 6.45) is 3.94. The predicted molar refractivity (Wildman–Crippen MR) is 78.8 cm³/mol. The fourth-order valence-corrected chi connectivity index (χ4v) is 5.07. The van der Waals surface area contributed by atoms with Crippen molar-refractivity contribution < 1.29 is 8.42 Å². The van der Waals surface area contributed by atoms with Crippen LogP contribution < -0.4 is 5.32 Å². The molecule has 0 saturated heterocycles. The number of rotatable bonds is 5. The molecule has 1 aromatic rings. The molecule has 0 bridgehead atoms. The lowest BCUT2D eigenvalue weighted by molar-refractivity contribution is 0.376. The SMILES string of the molecule is CCNC1CCCCC1S(=O)(=O)Cc1ccccc1. The Labute approximate surface area is 116 Å². The van der Waals surface area contributed by atoms with Crippen LogP contribution >= 0.6 is 0 Å². The van der Waals surface area contributed by atoms with Crippen molar-refractivity contribution in [3.8, 4) is 0 Å². The quantitative estimate of drug-likeness (QED) is 0.902. The largest absolute Gasteiger partial charge is 0.313 e. The standard InChI is InChI=1S/C15H23NO2S/c1-2-16-14-10-6-7-11-15(14)19(17,18)12-13-8-4-3-5-9-13/h3-5,8-9,14-16H,2,6-7,10-12H2,1H3. The Morgan fingerprint density at radius 3 is 2.53 bits per heavy atom. The zero-order valence-electron chi connectivity index (χ0n) is 11.5. The van der Waals surface area contributed by atoms with Gasteiger partial charge in [0.2, 0.25) is 0 Å². The van der Waals surface area contributed by atoms with Crippen molar-refractivity contribution in [2.24, 2.45) is 0 Å². The van der Waals surface area contributed by atoms with Crippen LogP contribution in [0.4, 0.5) is 0 Å². The molecule has 0 amide bonds. The fourth-order valence-electron chi connectivity index (χ4n) is 2.94. The van der Waals surface area contributed by atoms with Gasteiger partial charge in [-0.3, -0.25) is 0 Å². The molecule has 1 aromatic carbocycles. The molecule has 1 fully saturated rings. The second kappa shape index (κ2) is 6.53. The third-order valence-corrected chi connectivity index (χ3v) is 6.06. The lowest BCUT2D eigenvalue weighted by Crippen LogP contribution is -2.46. The summed E-state index contributed by atoms with van der Waals surface area (Å²) in [7, 11) is -3.07. The Bertz CT molecular complexity index is 482. The molecular formula is C15H23NO2S. The topological polar surface area (TPSA) is 46.2 Å². The average molecular weight is 281 g/mol. The summed E-state index contributed by atoms with van der Waals surface area (Å²) in [5, 5.41) is 3.13. The third-order valence-electron chi connectivity index (χ3n) is 3.84. The van der Waals surface area contributed by atoms with Gasteiger partial charge in [0, 0.05) is 6.04 Å². The van der Waals surface area contributed by atoms with E-state index in [0.29, 0.717) is 0 Å². The minimum atomic E-state index is -3.07. The first-order valence-corrected chi connectivity index (χ1v) is 8.84. The first-order valence-electron chi connectivity index (χ1n) is 7.12. The van der Waals surface area contributed by atoms with Crippen LogP contribution in [0.2, 0.25) is 0 Å². The van der Waals surface area contributed by atoms with Crippen molar-refractivity contribution in [3.63, 3.8) is 0 Å². The first kappa shape index (κ1) is 14.5. The van der Waals surface area contributed by atoms with Gasteiger partial charge in [-0.25, -0.2) is 8.42 Å². The Morgan fingerprint density at radius 2 is 1.84 bits per heavy atom. The summed E-state index contributed by atoms with van der Waals surface area (Å²) in [5.74, 6) is 0.167. The van der Waals surface area contributed by atoms with Crippen molar-refractivity contribution in [2.75, 3.05) is 6.54 Å². The molecule has 0 heterocycles. The number of nitrogens with one attached hydrogen (secondary N) is 1. The van der Waals surface area contributed by atoms with Crippen molar-refractivity contribution in [2.45, 2.75) is 49.7 Å². The number of hydrogen-bond acceptors (Lipinski definition) is 3. The minimum Gasteiger partial charge on any atom is -0.313 e. The van der Waals surface area contributed by atoms with Gasteiger partial charge < -0.3 is 5.32 Å². The van der Waals surface area contributed by atoms with Gasteiger partial charge in [0.15, 0.2) is 9.84 Å². The first-order chi connectivity index (χ1) is 9.13. The number of hydrogen-bond donors (Lipinski definition) is 1. The van der Waals surface area contributed by atoms with Gasteiger partial charge in [-0.15, -0.1) is 0 Å². The molecule has 0 radical (unpaired) electrons. The monoisotopic (exact) mass is 281 g/mol. The van der Waals surface area contributed by atoms with Crippen molar-refractivity contribution >= 4 is 9.84 Å². The number of sulfone groups is 1. The van der Waals surface area contributed by atoms with Crippen molar-refractivity contribution in [1.29, 1.82) is 0 Å². The second-order valence-electron chi connectivity index (χ2n) is 5.28. The van der Waals surface area contributed by atoms with E-state index in [4.69, 9.17) is 0 Å². The highest BCUT2D eigenvalue weighted by molar-refractivity contribution is 7.91. The molecule has 1 saturated carbocycles. The van der Waals surface area contributed by atoms with Crippen molar-refractivity contribution in [3.05, 3.63) is 35.9 Å². The molecule has 2 rings (SSSR count). The van der Waals surface area contributed by atoms with Gasteiger partial charge in [0.1, 0.15) is 0 Å². The Balaban J connectivity index is 2.13. The molecule has 1 aliphatic rings. The van der Waals surface area contributed by atoms with Crippen LogP contribution in [-0.4, -0.2) is 26.3 Å². The molecule has 1 aliphatic carbocycles. The minimum absolute atomic E-state index is 0.132. The maximum Gasteiger partial charge on any atom is 0.158 e. The number of benzene rings is 1. The predicted octanol–water partition coefficient (Wildman–Crippen LogP) is 2.52. The van der Waals surface area contributed by atoms with Gasteiger partial charge in [0.25, 0.3) is 0 Å². The molecule has 1 N–H and O–H groups in total. The summed E-state index contributed by atoms with van der Waals surface area (Å²) in [6, 6.07) is 9.62. The molecule has 2 atom stereocenters. The Hall–Kier alpha value is -0.870. The fraction of sp³-hybridized carbons (Fsp3) is 0.600. The van der Waals surface area contributed by atoms with E-state index in [1.807, 2.05) is 37.3 Å². The Kier molecular flexibility index (Phi) is 4.99. The molecule has 106 valence electrons.